The number of hydrogen-bond donors (Lipinski definition) is 4. The normalized spacial score (nSPS) is 20.8. The van der Waals surface area contributed by atoms with Crippen LogP contribution in [-0.2, 0) is 25.6 Å². The van der Waals surface area contributed by atoms with Gasteiger partial charge in [-0.1, -0.05) is 18.2 Å². The van der Waals surface area contributed by atoms with Gasteiger partial charge in [0.15, 0.2) is 9.84 Å². The van der Waals surface area contributed by atoms with Crippen LogP contribution in [0.2, 0.25) is 0 Å². The number of halogens is 3. The van der Waals surface area contributed by atoms with Crippen LogP contribution in [0.1, 0.15) is 38.7 Å². The van der Waals surface area contributed by atoms with Gasteiger partial charge in [-0.25, -0.2) is 13.4 Å². The average Bonchev–Trinajstić information content (AvgIpc) is 3.52. The van der Waals surface area contributed by atoms with E-state index < -0.39 is 49.3 Å². The molecule has 0 bridgehead atoms. The molecule has 5 N–H and O–H groups in total. The zero-order valence-corrected chi connectivity index (χ0v) is 24.1. The highest BCUT2D eigenvalue weighted by molar-refractivity contribution is 7.92. The summed E-state index contributed by atoms with van der Waals surface area (Å²) in [5.41, 5.74) is 5.22. The first kappa shape index (κ1) is 31.0. The third-order valence-electron chi connectivity index (χ3n) is 7.16. The van der Waals surface area contributed by atoms with E-state index in [4.69, 9.17) is 5.73 Å². The first-order valence-electron chi connectivity index (χ1n) is 13.2. The maximum absolute atomic E-state index is 13.8. The predicted octanol–water partition coefficient (Wildman–Crippen LogP) is 3.30. The highest BCUT2D eigenvalue weighted by Crippen LogP contribution is 2.38. The van der Waals surface area contributed by atoms with E-state index in [0.29, 0.717) is 29.9 Å². The lowest BCUT2D eigenvalue weighted by molar-refractivity contribution is -0.140. The molecule has 2 aromatic rings. The average molecular weight is 607 g/mol. The second kappa shape index (κ2) is 11.8. The van der Waals surface area contributed by atoms with E-state index >= 15 is 0 Å². The number of aliphatic imine (C=N–C) groups is 1. The van der Waals surface area contributed by atoms with Crippen LogP contribution in [0.4, 0.5) is 24.5 Å². The first-order chi connectivity index (χ1) is 19.6. The first-order valence-corrected chi connectivity index (χ1v) is 14.8. The molecule has 0 unspecified atom stereocenters. The van der Waals surface area contributed by atoms with Gasteiger partial charge in [0, 0.05) is 24.9 Å². The summed E-state index contributed by atoms with van der Waals surface area (Å²) in [5, 5.41) is 7.26. The molecule has 1 aliphatic heterocycles. The lowest BCUT2D eigenvalue weighted by Crippen LogP contribution is -2.53. The Bertz CT molecular complexity index is 1530. The van der Waals surface area contributed by atoms with Gasteiger partial charge in [0.1, 0.15) is 11.9 Å². The van der Waals surface area contributed by atoms with Crippen LogP contribution in [0.5, 0.6) is 0 Å². The standard InChI is InChI=1S/C28H33F3N6O4S/c1-17(32)13-25(35-20-8-6-7-19(14-20)34-18(2)38)37-16-21(15-23(37)26(39)36-27(33-3)11-12-27)42(40,41)24-10-5-4-9-22(24)28(29,30)31/h4-10,13-14,21,23,33H,11-12,15-16,32H2,1-3H3,(H,34,38)(H,36,39)/t21-,23-/m1/s1. The smallest absolute Gasteiger partial charge is 0.402 e. The topological polar surface area (TPSA) is 146 Å². The minimum Gasteiger partial charge on any atom is -0.402 e. The zero-order valence-electron chi connectivity index (χ0n) is 23.3. The Morgan fingerprint density at radius 1 is 1.12 bits per heavy atom. The summed E-state index contributed by atoms with van der Waals surface area (Å²) >= 11 is 0. The van der Waals surface area contributed by atoms with E-state index in [2.05, 4.69) is 20.9 Å². The monoisotopic (exact) mass is 606 g/mol. The second-order valence-corrected chi connectivity index (χ2v) is 12.7. The molecular formula is C28H33F3N6O4S. The van der Waals surface area contributed by atoms with Gasteiger partial charge in [-0.05, 0) is 69.6 Å². The van der Waals surface area contributed by atoms with Crippen molar-refractivity contribution in [3.8, 4) is 0 Å². The fourth-order valence-electron chi connectivity index (χ4n) is 4.91. The zero-order chi connectivity index (χ0) is 30.9. The van der Waals surface area contributed by atoms with Gasteiger partial charge in [0.05, 0.1) is 27.1 Å². The van der Waals surface area contributed by atoms with Crippen LogP contribution in [0.15, 0.2) is 70.2 Å². The lowest BCUT2D eigenvalue weighted by atomic mass is 10.2. The van der Waals surface area contributed by atoms with E-state index in [9.17, 15) is 31.2 Å². The SMILES string of the molecule is CNC1(NC(=O)[C@H]2C[C@@H](S(=O)(=O)c3ccccc3C(F)(F)F)CN2C(C=C(C)N)=Nc2cccc(NC(C)=O)c2)CC1. The molecular weight excluding hydrogens is 573 g/mol. The number of rotatable bonds is 8. The van der Waals surface area contributed by atoms with Crippen LogP contribution in [0, 0.1) is 0 Å². The highest BCUT2D eigenvalue weighted by atomic mass is 32.2. The third-order valence-corrected chi connectivity index (χ3v) is 9.34. The molecule has 2 aromatic carbocycles. The van der Waals surface area contributed by atoms with Crippen molar-refractivity contribution in [3.63, 3.8) is 0 Å². The highest BCUT2D eigenvalue weighted by Gasteiger charge is 2.50. The van der Waals surface area contributed by atoms with E-state index in [1.165, 1.54) is 24.0 Å². The van der Waals surface area contributed by atoms with E-state index in [1.807, 2.05) is 0 Å². The van der Waals surface area contributed by atoms with Crippen LogP contribution in [0.3, 0.4) is 0 Å². The van der Waals surface area contributed by atoms with Crippen LogP contribution < -0.4 is 21.7 Å². The largest absolute Gasteiger partial charge is 0.417 e. The molecule has 1 aliphatic carbocycles. The Hall–Kier alpha value is -3.91. The number of benzene rings is 2. The Morgan fingerprint density at radius 3 is 2.40 bits per heavy atom. The van der Waals surface area contributed by atoms with Crippen LogP contribution in [0.25, 0.3) is 0 Å². The van der Waals surface area contributed by atoms with Gasteiger partial charge in [-0.3, -0.25) is 14.9 Å². The molecule has 226 valence electrons. The number of nitrogens with one attached hydrogen (secondary N) is 3. The Kier molecular flexibility index (Phi) is 8.69. The molecule has 2 atom stereocenters. The maximum atomic E-state index is 13.8. The number of anilines is 1. The molecule has 0 aromatic heterocycles. The predicted molar refractivity (Wildman–Crippen MR) is 152 cm³/mol. The number of amides is 2. The molecule has 10 nitrogen and oxygen atoms in total. The molecule has 2 fully saturated rings. The van der Waals surface area contributed by atoms with Crippen LogP contribution >= 0.6 is 0 Å². The number of alkyl halides is 3. The van der Waals surface area contributed by atoms with E-state index in [0.717, 1.165) is 18.2 Å². The molecule has 14 heteroatoms. The summed E-state index contributed by atoms with van der Waals surface area (Å²) < 4.78 is 68.8. The number of sulfone groups is 1. The summed E-state index contributed by atoms with van der Waals surface area (Å²) in [6.45, 7) is 2.63. The molecule has 2 amide bonds. The summed E-state index contributed by atoms with van der Waals surface area (Å²) in [6, 6.07) is 9.47. The van der Waals surface area contributed by atoms with Crippen molar-refractivity contribution >= 4 is 38.9 Å². The summed E-state index contributed by atoms with van der Waals surface area (Å²) in [4.78, 5) is 30.4. The van der Waals surface area contributed by atoms with Crippen molar-refractivity contribution in [3.05, 3.63) is 65.9 Å². The van der Waals surface area contributed by atoms with Gasteiger partial charge in [0.2, 0.25) is 11.8 Å². The van der Waals surface area contributed by atoms with Gasteiger partial charge in [-0.15, -0.1) is 0 Å². The number of allylic oxidation sites excluding steroid dienone is 1. The quantitative estimate of drug-likeness (QED) is 0.205. The lowest BCUT2D eigenvalue weighted by Gasteiger charge is -2.28. The van der Waals surface area contributed by atoms with Crippen molar-refractivity contribution in [2.24, 2.45) is 10.7 Å². The Morgan fingerprint density at radius 2 is 1.81 bits per heavy atom. The molecule has 4 rings (SSSR count). The van der Waals surface area contributed by atoms with Crippen molar-refractivity contribution < 1.29 is 31.2 Å². The number of nitrogens with two attached hydrogens (primary N) is 1. The van der Waals surface area contributed by atoms with Gasteiger partial charge in [0.25, 0.3) is 0 Å². The number of nitrogens with zero attached hydrogens (tertiary/aromatic N) is 2. The van der Waals surface area contributed by atoms with Gasteiger partial charge < -0.3 is 21.3 Å². The molecule has 0 spiro atoms. The van der Waals surface area contributed by atoms with Crippen molar-refractivity contribution in [1.82, 2.24) is 15.5 Å². The Labute approximate surface area is 242 Å². The number of hydrogen-bond acceptors (Lipinski definition) is 7. The van der Waals surface area contributed by atoms with Crippen molar-refractivity contribution in [2.75, 3.05) is 18.9 Å². The van der Waals surface area contributed by atoms with Crippen molar-refractivity contribution in [2.45, 2.75) is 61.1 Å². The van der Waals surface area contributed by atoms with E-state index in [-0.39, 0.29) is 24.7 Å². The minimum atomic E-state index is -4.89. The minimum absolute atomic E-state index is 0.145. The fourth-order valence-corrected chi connectivity index (χ4v) is 6.82. The summed E-state index contributed by atoms with van der Waals surface area (Å²) in [5.74, 6) is -0.645. The molecule has 2 aliphatic rings. The van der Waals surface area contributed by atoms with Gasteiger partial charge >= 0.3 is 6.18 Å². The Balaban J connectivity index is 1.78. The fraction of sp³-hybridized carbons (Fsp3) is 0.393. The number of carbonyl (C=O) groups excluding carboxylic acids is 2. The second-order valence-electron chi connectivity index (χ2n) is 10.5. The molecule has 0 radical (unpaired) electrons. The molecule has 1 heterocycles. The van der Waals surface area contributed by atoms with E-state index in [1.54, 1.807) is 38.2 Å². The number of likely N-dealkylation sites (tertiary alicyclic amines) is 1. The summed E-state index contributed by atoms with van der Waals surface area (Å²) in [6.07, 6.45) is -2.37. The molecule has 1 saturated heterocycles. The maximum Gasteiger partial charge on any atom is 0.417 e. The van der Waals surface area contributed by atoms with Crippen LogP contribution in [-0.4, -0.2) is 61.5 Å². The van der Waals surface area contributed by atoms with Gasteiger partial charge in [-0.2, -0.15) is 13.2 Å². The molecule has 1 saturated carbocycles. The van der Waals surface area contributed by atoms with Crippen molar-refractivity contribution in [1.29, 1.82) is 0 Å². The number of amidine groups is 1. The number of carbonyl (C=O) groups is 2. The summed E-state index contributed by atoms with van der Waals surface area (Å²) in [7, 11) is -2.86. The molecule has 42 heavy (non-hydrogen) atoms. The third kappa shape index (κ3) is 6.93.